The van der Waals surface area contributed by atoms with Gasteiger partial charge in [0.15, 0.2) is 28.8 Å². The van der Waals surface area contributed by atoms with Crippen molar-refractivity contribution in [2.24, 2.45) is 5.73 Å². The molecule has 0 aromatic heterocycles. The number of carbonyl (C=O) groups is 1. The summed E-state index contributed by atoms with van der Waals surface area (Å²) in [4.78, 5) is 12.7. The topological polar surface area (TPSA) is 89.2 Å². The van der Waals surface area contributed by atoms with Gasteiger partial charge in [-0.2, -0.15) is 0 Å². The predicted molar refractivity (Wildman–Crippen MR) is 116 cm³/mol. The first-order valence-electron chi connectivity index (χ1n) is 9.47. The van der Waals surface area contributed by atoms with Crippen LogP contribution < -0.4 is 29.4 Å². The molecule has 1 unspecified atom stereocenters. The molecule has 0 aliphatic heterocycles. The third kappa shape index (κ3) is 5.45. The summed E-state index contributed by atoms with van der Waals surface area (Å²) in [5.74, 6) is 2.20. The molecule has 0 fully saturated rings. The van der Waals surface area contributed by atoms with Crippen molar-refractivity contribution in [1.82, 2.24) is 0 Å². The van der Waals surface area contributed by atoms with Crippen LogP contribution in [0, 0.1) is 0 Å². The second-order valence-corrected chi connectivity index (χ2v) is 6.70. The Morgan fingerprint density at radius 3 is 1.97 bits per heavy atom. The number of nitrogens with two attached hydrogens (primary N) is 1. The molecule has 30 heavy (non-hydrogen) atoms. The van der Waals surface area contributed by atoms with Crippen LogP contribution in [0.1, 0.15) is 29.8 Å². The zero-order valence-electron chi connectivity index (χ0n) is 18.2. The van der Waals surface area contributed by atoms with E-state index in [-0.39, 0.29) is 17.9 Å². The summed E-state index contributed by atoms with van der Waals surface area (Å²) >= 11 is 0. The van der Waals surface area contributed by atoms with Crippen molar-refractivity contribution in [1.29, 1.82) is 0 Å². The van der Waals surface area contributed by atoms with E-state index in [1.807, 2.05) is 19.9 Å². The van der Waals surface area contributed by atoms with E-state index >= 15 is 0 Å². The molecule has 0 saturated heterocycles. The maximum Gasteiger partial charge on any atom is 0.203 e. The van der Waals surface area contributed by atoms with Gasteiger partial charge in [-0.25, -0.2) is 0 Å². The van der Waals surface area contributed by atoms with Crippen molar-refractivity contribution in [2.45, 2.75) is 26.0 Å². The first-order chi connectivity index (χ1) is 14.3. The summed E-state index contributed by atoms with van der Waals surface area (Å²) in [6, 6.07) is 8.50. The lowest BCUT2D eigenvalue weighted by Crippen LogP contribution is -2.33. The maximum atomic E-state index is 12.7. The van der Waals surface area contributed by atoms with Crippen molar-refractivity contribution in [2.75, 3.05) is 28.4 Å². The SMILES string of the molecule is COc1ccc(/C=C/C(=O)c2cc(OC)c(OC)c(OC)c2)cc1OC(C)[C@H](C)N. The molecule has 162 valence electrons. The van der Waals surface area contributed by atoms with Crippen LogP contribution in [0.15, 0.2) is 36.4 Å². The summed E-state index contributed by atoms with van der Waals surface area (Å²) in [5, 5.41) is 0. The molecule has 0 aliphatic rings. The molecule has 0 amide bonds. The van der Waals surface area contributed by atoms with Gasteiger partial charge in [-0.15, -0.1) is 0 Å². The lowest BCUT2D eigenvalue weighted by atomic mass is 10.1. The largest absolute Gasteiger partial charge is 0.493 e. The van der Waals surface area contributed by atoms with Crippen LogP contribution in [0.4, 0.5) is 0 Å². The minimum Gasteiger partial charge on any atom is -0.493 e. The highest BCUT2D eigenvalue weighted by atomic mass is 16.5. The van der Waals surface area contributed by atoms with Crippen molar-refractivity contribution in [3.8, 4) is 28.7 Å². The van der Waals surface area contributed by atoms with Crippen molar-refractivity contribution in [3.63, 3.8) is 0 Å². The highest BCUT2D eigenvalue weighted by Gasteiger charge is 2.16. The smallest absolute Gasteiger partial charge is 0.203 e. The van der Waals surface area contributed by atoms with Crippen LogP contribution in [0.2, 0.25) is 0 Å². The zero-order valence-corrected chi connectivity index (χ0v) is 18.2. The number of hydrogen-bond donors (Lipinski definition) is 1. The summed E-state index contributed by atoms with van der Waals surface area (Å²) < 4.78 is 27.2. The number of ether oxygens (including phenoxy) is 5. The Morgan fingerprint density at radius 2 is 1.47 bits per heavy atom. The Balaban J connectivity index is 2.30. The van der Waals surface area contributed by atoms with E-state index in [9.17, 15) is 4.79 Å². The molecule has 2 atom stereocenters. The number of hydrogen-bond acceptors (Lipinski definition) is 7. The number of ketones is 1. The second kappa shape index (κ2) is 10.5. The first kappa shape index (κ1) is 23.1. The number of allylic oxidation sites excluding steroid dienone is 1. The summed E-state index contributed by atoms with van der Waals surface area (Å²) in [6.07, 6.45) is 2.98. The first-order valence-corrected chi connectivity index (χ1v) is 9.47. The Hall–Kier alpha value is -3.19. The molecule has 2 rings (SSSR count). The standard InChI is InChI=1S/C23H29NO6/c1-14(24)15(2)30-20-11-16(8-10-19(20)26-3)7-9-18(25)17-12-21(27-4)23(29-6)22(13-17)28-5/h7-15H,24H2,1-6H3/b9-7+/t14-,15?/m0/s1. The lowest BCUT2D eigenvalue weighted by molar-refractivity contribution is 0.104. The Kier molecular flexibility index (Phi) is 8.12. The maximum absolute atomic E-state index is 12.7. The van der Waals surface area contributed by atoms with Crippen LogP contribution in [-0.4, -0.2) is 46.4 Å². The van der Waals surface area contributed by atoms with E-state index in [1.54, 1.807) is 37.5 Å². The molecule has 0 saturated carbocycles. The lowest BCUT2D eigenvalue weighted by Gasteiger charge is -2.20. The third-order valence-corrected chi connectivity index (χ3v) is 4.62. The minimum atomic E-state index is -0.212. The Labute approximate surface area is 177 Å². The molecule has 2 aromatic rings. The van der Waals surface area contributed by atoms with E-state index in [4.69, 9.17) is 29.4 Å². The fraction of sp³-hybridized carbons (Fsp3) is 0.348. The molecule has 7 heteroatoms. The van der Waals surface area contributed by atoms with Gasteiger partial charge >= 0.3 is 0 Å². The van der Waals surface area contributed by atoms with Crippen LogP contribution in [0.5, 0.6) is 28.7 Å². The normalized spacial score (nSPS) is 12.9. The van der Waals surface area contributed by atoms with Crippen molar-refractivity contribution < 1.29 is 28.5 Å². The highest BCUT2D eigenvalue weighted by Crippen LogP contribution is 2.38. The van der Waals surface area contributed by atoms with Crippen molar-refractivity contribution >= 4 is 11.9 Å². The fourth-order valence-electron chi connectivity index (χ4n) is 2.69. The van der Waals surface area contributed by atoms with Gasteiger partial charge in [0.2, 0.25) is 5.75 Å². The summed E-state index contributed by atoms with van der Waals surface area (Å²) in [7, 11) is 6.09. The molecule has 0 spiro atoms. The number of methoxy groups -OCH3 is 4. The Morgan fingerprint density at radius 1 is 0.867 bits per heavy atom. The molecule has 2 aromatic carbocycles. The van der Waals surface area contributed by atoms with E-state index in [1.165, 1.54) is 27.4 Å². The van der Waals surface area contributed by atoms with Gasteiger partial charge < -0.3 is 29.4 Å². The van der Waals surface area contributed by atoms with Crippen LogP contribution in [-0.2, 0) is 0 Å². The van der Waals surface area contributed by atoms with Gasteiger partial charge in [0.25, 0.3) is 0 Å². The molecular weight excluding hydrogens is 386 g/mol. The van der Waals surface area contributed by atoms with Gasteiger partial charge in [-0.3, -0.25) is 4.79 Å². The number of carbonyl (C=O) groups excluding carboxylic acids is 1. The molecule has 2 N–H and O–H groups in total. The number of rotatable bonds is 10. The summed E-state index contributed by atoms with van der Waals surface area (Å²) in [5.41, 5.74) is 7.08. The fourth-order valence-corrected chi connectivity index (χ4v) is 2.69. The van der Waals surface area contributed by atoms with Crippen LogP contribution in [0.25, 0.3) is 6.08 Å². The molecule has 0 aliphatic carbocycles. The second-order valence-electron chi connectivity index (χ2n) is 6.70. The van der Waals surface area contributed by atoms with E-state index < -0.39 is 0 Å². The molecular formula is C23H29NO6. The van der Waals surface area contributed by atoms with E-state index in [0.29, 0.717) is 34.3 Å². The zero-order chi connectivity index (χ0) is 22.3. The monoisotopic (exact) mass is 415 g/mol. The molecule has 0 heterocycles. The van der Waals surface area contributed by atoms with Gasteiger partial charge in [0, 0.05) is 11.6 Å². The van der Waals surface area contributed by atoms with Crippen molar-refractivity contribution in [3.05, 3.63) is 47.5 Å². The van der Waals surface area contributed by atoms with Crippen LogP contribution >= 0.6 is 0 Å². The Bertz CT molecular complexity index is 882. The van der Waals surface area contributed by atoms with Gasteiger partial charge in [0.05, 0.1) is 28.4 Å². The molecule has 0 radical (unpaired) electrons. The van der Waals surface area contributed by atoms with Crippen LogP contribution in [0.3, 0.4) is 0 Å². The highest BCUT2D eigenvalue weighted by molar-refractivity contribution is 6.07. The van der Waals surface area contributed by atoms with E-state index in [2.05, 4.69) is 0 Å². The van der Waals surface area contributed by atoms with Gasteiger partial charge in [-0.05, 0) is 49.8 Å². The average molecular weight is 415 g/mol. The number of benzene rings is 2. The predicted octanol–water partition coefficient (Wildman–Crippen LogP) is 3.73. The average Bonchev–Trinajstić information content (AvgIpc) is 2.76. The van der Waals surface area contributed by atoms with Gasteiger partial charge in [0.1, 0.15) is 6.10 Å². The summed E-state index contributed by atoms with van der Waals surface area (Å²) in [6.45, 7) is 3.76. The third-order valence-electron chi connectivity index (χ3n) is 4.62. The molecule has 0 bridgehead atoms. The van der Waals surface area contributed by atoms with Gasteiger partial charge in [-0.1, -0.05) is 12.1 Å². The van der Waals surface area contributed by atoms with E-state index in [0.717, 1.165) is 5.56 Å². The molecule has 7 nitrogen and oxygen atoms in total. The quantitative estimate of drug-likeness (QED) is 0.467. The minimum absolute atomic E-state index is 0.143.